The molecule has 27 heavy (non-hydrogen) atoms. The van der Waals surface area contributed by atoms with Crippen LogP contribution in [0.4, 0.5) is 0 Å². The number of halogens is 2. The maximum Gasteiger partial charge on any atom is 0.206 e. The van der Waals surface area contributed by atoms with Crippen LogP contribution < -0.4 is 4.80 Å². The zero-order valence-corrected chi connectivity index (χ0v) is 16.3. The lowest BCUT2D eigenvalue weighted by atomic mass is 10.2. The minimum Gasteiger partial charge on any atom is -0.504 e. The van der Waals surface area contributed by atoms with E-state index in [2.05, 4.69) is 16.7 Å². The highest BCUT2D eigenvalue weighted by Gasteiger charge is 2.12. The highest BCUT2D eigenvalue weighted by atomic mass is 35.5. The standard InChI is InChI=1S/C19H15Cl2N3O2S/c1-2-8-22-19-24(23-10-12-4-3-5-17(25)18(12)26)16(11-27-19)14-7-6-13(20)9-15(14)21/h2-7,9-11,25-26H,1,8H2. The Hall–Kier alpha value is -2.54. The van der Waals surface area contributed by atoms with Crippen LogP contribution in [0.2, 0.25) is 10.0 Å². The highest BCUT2D eigenvalue weighted by molar-refractivity contribution is 7.07. The van der Waals surface area contributed by atoms with Crippen LogP contribution in [0.15, 0.2) is 64.5 Å². The predicted molar refractivity (Wildman–Crippen MR) is 111 cm³/mol. The van der Waals surface area contributed by atoms with Gasteiger partial charge in [-0.1, -0.05) is 35.3 Å². The summed E-state index contributed by atoms with van der Waals surface area (Å²) in [6.45, 7) is 4.11. The third-order valence-electron chi connectivity index (χ3n) is 3.61. The van der Waals surface area contributed by atoms with Crippen LogP contribution in [0.3, 0.4) is 0 Å². The van der Waals surface area contributed by atoms with Crippen molar-refractivity contribution in [3.8, 4) is 22.8 Å². The van der Waals surface area contributed by atoms with Gasteiger partial charge in [-0.05, 0) is 30.3 Å². The number of phenolic OH excluding ortho intramolecular Hbond substituents is 2. The summed E-state index contributed by atoms with van der Waals surface area (Å²) in [5, 5.41) is 27.0. The number of nitrogens with zero attached hydrogens (tertiary/aromatic N) is 3. The first kappa shape index (κ1) is 19.2. The third kappa shape index (κ3) is 4.24. The summed E-state index contributed by atoms with van der Waals surface area (Å²) >= 11 is 13.7. The molecule has 2 aromatic carbocycles. The molecule has 0 bridgehead atoms. The average molecular weight is 420 g/mol. The average Bonchev–Trinajstić information content (AvgIpc) is 3.03. The first-order valence-corrected chi connectivity index (χ1v) is 9.47. The van der Waals surface area contributed by atoms with Gasteiger partial charge in [0.15, 0.2) is 11.5 Å². The van der Waals surface area contributed by atoms with Crippen LogP contribution in [0.1, 0.15) is 5.56 Å². The van der Waals surface area contributed by atoms with E-state index >= 15 is 0 Å². The Morgan fingerprint density at radius 2 is 2.00 bits per heavy atom. The molecule has 2 N–H and O–H groups in total. The smallest absolute Gasteiger partial charge is 0.206 e. The first-order valence-electron chi connectivity index (χ1n) is 7.84. The molecule has 0 aliphatic rings. The highest BCUT2D eigenvalue weighted by Crippen LogP contribution is 2.31. The Bertz CT molecular complexity index is 1090. The molecular weight excluding hydrogens is 405 g/mol. The number of para-hydroxylation sites is 1. The molecule has 0 radical (unpaired) electrons. The topological polar surface area (TPSA) is 70.1 Å². The van der Waals surface area contributed by atoms with Crippen molar-refractivity contribution in [3.63, 3.8) is 0 Å². The first-order chi connectivity index (χ1) is 13.0. The molecule has 0 saturated carbocycles. The second-order valence-electron chi connectivity index (χ2n) is 5.43. The second-order valence-corrected chi connectivity index (χ2v) is 7.11. The van der Waals surface area contributed by atoms with Crippen molar-refractivity contribution in [2.24, 2.45) is 10.1 Å². The Labute approximate surface area is 169 Å². The number of thiazole rings is 1. The lowest BCUT2D eigenvalue weighted by Gasteiger charge is -2.06. The van der Waals surface area contributed by atoms with Gasteiger partial charge in [0.2, 0.25) is 4.80 Å². The molecular formula is C19H15Cl2N3O2S. The van der Waals surface area contributed by atoms with Gasteiger partial charge in [-0.2, -0.15) is 5.10 Å². The van der Waals surface area contributed by atoms with Crippen LogP contribution in [0.25, 0.3) is 11.3 Å². The second kappa shape index (κ2) is 8.43. The van der Waals surface area contributed by atoms with Gasteiger partial charge in [0, 0.05) is 21.5 Å². The molecule has 0 fully saturated rings. The number of aromatic nitrogens is 1. The minimum absolute atomic E-state index is 0.216. The van der Waals surface area contributed by atoms with E-state index in [0.717, 1.165) is 11.3 Å². The van der Waals surface area contributed by atoms with E-state index in [1.807, 2.05) is 11.4 Å². The van der Waals surface area contributed by atoms with Crippen molar-refractivity contribution in [1.82, 2.24) is 4.68 Å². The van der Waals surface area contributed by atoms with Crippen molar-refractivity contribution in [2.45, 2.75) is 0 Å². The van der Waals surface area contributed by atoms with Crippen molar-refractivity contribution in [1.29, 1.82) is 0 Å². The van der Waals surface area contributed by atoms with Crippen molar-refractivity contribution in [2.75, 3.05) is 6.54 Å². The van der Waals surface area contributed by atoms with E-state index in [9.17, 15) is 10.2 Å². The molecule has 0 amide bonds. The molecule has 0 spiro atoms. The van der Waals surface area contributed by atoms with E-state index in [4.69, 9.17) is 23.2 Å². The van der Waals surface area contributed by atoms with Crippen LogP contribution in [-0.4, -0.2) is 27.6 Å². The molecule has 1 aromatic heterocycles. The molecule has 0 unspecified atom stereocenters. The minimum atomic E-state index is -0.243. The van der Waals surface area contributed by atoms with Crippen LogP contribution in [0.5, 0.6) is 11.5 Å². The lowest BCUT2D eigenvalue weighted by Crippen LogP contribution is -2.12. The third-order valence-corrected chi connectivity index (χ3v) is 5.01. The van der Waals surface area contributed by atoms with E-state index in [-0.39, 0.29) is 11.5 Å². The summed E-state index contributed by atoms with van der Waals surface area (Å²) in [7, 11) is 0. The Kier molecular flexibility index (Phi) is 6.01. The van der Waals surface area contributed by atoms with Gasteiger partial charge in [0.1, 0.15) is 0 Å². The van der Waals surface area contributed by atoms with E-state index in [0.29, 0.717) is 27.0 Å². The zero-order chi connectivity index (χ0) is 19.4. The van der Waals surface area contributed by atoms with Crippen molar-refractivity contribution in [3.05, 3.63) is 74.8 Å². The number of benzene rings is 2. The summed E-state index contributed by atoms with van der Waals surface area (Å²) in [6, 6.07) is 9.87. The number of rotatable bonds is 5. The molecule has 0 aliphatic heterocycles. The Balaban J connectivity index is 2.14. The van der Waals surface area contributed by atoms with E-state index in [1.54, 1.807) is 35.0 Å². The number of hydrogen-bond donors (Lipinski definition) is 2. The van der Waals surface area contributed by atoms with E-state index < -0.39 is 0 Å². The van der Waals surface area contributed by atoms with Crippen molar-refractivity contribution < 1.29 is 10.2 Å². The predicted octanol–water partition coefficient (Wildman–Crippen LogP) is 4.90. The number of aromatic hydroxyl groups is 2. The molecule has 0 saturated heterocycles. The van der Waals surface area contributed by atoms with Crippen LogP contribution >= 0.6 is 34.5 Å². The van der Waals surface area contributed by atoms with Gasteiger partial charge < -0.3 is 10.2 Å². The lowest BCUT2D eigenvalue weighted by molar-refractivity contribution is 0.403. The quantitative estimate of drug-likeness (QED) is 0.350. The number of hydrogen-bond acceptors (Lipinski definition) is 5. The molecule has 0 atom stereocenters. The summed E-state index contributed by atoms with van der Waals surface area (Å²) in [4.78, 5) is 5.07. The van der Waals surface area contributed by atoms with Crippen LogP contribution in [-0.2, 0) is 0 Å². The molecule has 1 heterocycles. The van der Waals surface area contributed by atoms with Gasteiger partial charge in [0.25, 0.3) is 0 Å². The summed E-state index contributed by atoms with van der Waals surface area (Å²) < 4.78 is 1.62. The maximum absolute atomic E-state index is 9.98. The normalized spacial score (nSPS) is 12.0. The van der Waals surface area contributed by atoms with Crippen molar-refractivity contribution >= 4 is 40.8 Å². The Morgan fingerprint density at radius 1 is 1.19 bits per heavy atom. The Morgan fingerprint density at radius 3 is 2.74 bits per heavy atom. The van der Waals surface area contributed by atoms with E-state index in [1.165, 1.54) is 23.6 Å². The van der Waals surface area contributed by atoms with Gasteiger partial charge in [0.05, 0.1) is 23.5 Å². The fourth-order valence-electron chi connectivity index (χ4n) is 2.32. The largest absolute Gasteiger partial charge is 0.504 e. The summed E-state index contributed by atoms with van der Waals surface area (Å²) in [5.74, 6) is -0.459. The number of phenols is 2. The van der Waals surface area contributed by atoms with Gasteiger partial charge in [-0.15, -0.1) is 17.9 Å². The molecule has 3 rings (SSSR count). The summed E-state index contributed by atoms with van der Waals surface area (Å²) in [5.41, 5.74) is 1.84. The van der Waals surface area contributed by atoms with Gasteiger partial charge in [-0.3, -0.25) is 4.99 Å². The van der Waals surface area contributed by atoms with Gasteiger partial charge in [-0.25, -0.2) is 4.68 Å². The maximum atomic E-state index is 9.98. The van der Waals surface area contributed by atoms with Crippen LogP contribution in [0, 0.1) is 0 Å². The SMILES string of the molecule is C=CCN=c1scc(-c2ccc(Cl)cc2Cl)n1N=Cc1cccc(O)c1O. The molecule has 0 aliphatic carbocycles. The van der Waals surface area contributed by atoms with Gasteiger partial charge >= 0.3 is 0 Å². The fourth-order valence-corrected chi connectivity index (χ4v) is 3.66. The zero-order valence-electron chi connectivity index (χ0n) is 14.0. The molecule has 8 heteroatoms. The monoisotopic (exact) mass is 419 g/mol. The molecule has 5 nitrogen and oxygen atoms in total. The fraction of sp³-hybridized carbons (Fsp3) is 0.0526. The molecule has 3 aromatic rings. The molecule has 138 valence electrons. The summed E-state index contributed by atoms with van der Waals surface area (Å²) in [6.07, 6.45) is 3.13.